The Bertz CT molecular complexity index is 644. The van der Waals surface area contributed by atoms with Crippen molar-refractivity contribution in [3.05, 3.63) is 58.9 Å². The third-order valence-electron chi connectivity index (χ3n) is 2.73. The molecule has 2 nitrogen and oxygen atoms in total. The summed E-state index contributed by atoms with van der Waals surface area (Å²) >= 11 is 0. The van der Waals surface area contributed by atoms with Crippen LogP contribution in [-0.2, 0) is 6.61 Å². The molecule has 7 heteroatoms. The van der Waals surface area contributed by atoms with Crippen LogP contribution in [0.25, 0.3) is 0 Å². The molecule has 0 atom stereocenters. The lowest BCUT2D eigenvalue weighted by Crippen LogP contribution is -2.07. The Morgan fingerprint density at radius 2 is 1.33 bits per heavy atom. The summed E-state index contributed by atoms with van der Waals surface area (Å²) in [5.74, 6) is -11.3. The van der Waals surface area contributed by atoms with E-state index in [9.17, 15) is 22.0 Å². The topological polar surface area (TPSA) is 18.5 Å². The Morgan fingerprint density at radius 1 is 0.810 bits per heavy atom. The molecular formula is C14H9F5O2. The molecule has 0 aliphatic carbocycles. The summed E-state index contributed by atoms with van der Waals surface area (Å²) in [4.78, 5) is 0. The zero-order valence-corrected chi connectivity index (χ0v) is 10.7. The van der Waals surface area contributed by atoms with Crippen LogP contribution in [-0.4, -0.2) is 7.11 Å². The SMILES string of the molecule is COc1ccccc1COc1c(F)c(F)c(F)c(F)c1F. The molecule has 0 fully saturated rings. The lowest BCUT2D eigenvalue weighted by Gasteiger charge is -2.12. The Morgan fingerprint density at radius 3 is 1.90 bits per heavy atom. The summed E-state index contributed by atoms with van der Waals surface area (Å²) in [5, 5.41) is 0. The molecule has 21 heavy (non-hydrogen) atoms. The minimum absolute atomic E-state index is 0.362. The molecule has 0 bridgehead atoms. The predicted octanol–water partition coefficient (Wildman–Crippen LogP) is 3.97. The molecule has 2 aromatic carbocycles. The van der Waals surface area contributed by atoms with Gasteiger partial charge in [0.2, 0.25) is 29.1 Å². The summed E-state index contributed by atoms with van der Waals surface area (Å²) < 4.78 is 75.4. The molecule has 2 aromatic rings. The van der Waals surface area contributed by atoms with E-state index in [4.69, 9.17) is 9.47 Å². The smallest absolute Gasteiger partial charge is 0.207 e. The van der Waals surface area contributed by atoms with Crippen molar-refractivity contribution in [2.75, 3.05) is 7.11 Å². The third-order valence-corrected chi connectivity index (χ3v) is 2.73. The van der Waals surface area contributed by atoms with E-state index < -0.39 is 41.4 Å². The normalized spacial score (nSPS) is 10.6. The minimum atomic E-state index is -2.23. The number of methoxy groups -OCH3 is 1. The van der Waals surface area contributed by atoms with E-state index in [0.29, 0.717) is 11.3 Å². The van der Waals surface area contributed by atoms with E-state index >= 15 is 0 Å². The second-order valence-corrected chi connectivity index (χ2v) is 4.00. The molecule has 0 spiro atoms. The van der Waals surface area contributed by atoms with Gasteiger partial charge in [0, 0.05) is 5.56 Å². The molecule has 0 saturated carbocycles. The van der Waals surface area contributed by atoms with Gasteiger partial charge >= 0.3 is 0 Å². The lowest BCUT2D eigenvalue weighted by atomic mass is 10.2. The van der Waals surface area contributed by atoms with Crippen molar-refractivity contribution in [3.63, 3.8) is 0 Å². The monoisotopic (exact) mass is 304 g/mol. The largest absolute Gasteiger partial charge is 0.496 e. The lowest BCUT2D eigenvalue weighted by molar-refractivity contribution is 0.249. The second kappa shape index (κ2) is 5.99. The van der Waals surface area contributed by atoms with Crippen molar-refractivity contribution in [1.82, 2.24) is 0 Å². The van der Waals surface area contributed by atoms with Crippen LogP contribution in [0.2, 0.25) is 0 Å². The van der Waals surface area contributed by atoms with E-state index in [-0.39, 0.29) is 0 Å². The van der Waals surface area contributed by atoms with Crippen LogP contribution in [0.1, 0.15) is 5.56 Å². The van der Waals surface area contributed by atoms with Gasteiger partial charge in [-0.1, -0.05) is 18.2 Å². The maximum Gasteiger partial charge on any atom is 0.207 e. The van der Waals surface area contributed by atoms with Gasteiger partial charge in [0.1, 0.15) is 12.4 Å². The van der Waals surface area contributed by atoms with Gasteiger partial charge in [-0.05, 0) is 6.07 Å². The number of rotatable bonds is 4. The number of benzene rings is 2. The summed E-state index contributed by atoms with van der Waals surface area (Å²) in [5.41, 5.74) is 0.393. The number of hydrogen-bond acceptors (Lipinski definition) is 2. The molecule has 0 aliphatic rings. The Kier molecular flexibility index (Phi) is 4.30. The zero-order valence-electron chi connectivity index (χ0n) is 10.7. The highest BCUT2D eigenvalue weighted by atomic mass is 19.2. The van der Waals surface area contributed by atoms with Gasteiger partial charge in [-0.25, -0.2) is 13.2 Å². The van der Waals surface area contributed by atoms with Gasteiger partial charge in [-0.3, -0.25) is 0 Å². The van der Waals surface area contributed by atoms with E-state index in [2.05, 4.69) is 0 Å². The van der Waals surface area contributed by atoms with E-state index in [1.54, 1.807) is 18.2 Å². The van der Waals surface area contributed by atoms with Crippen molar-refractivity contribution in [2.45, 2.75) is 6.61 Å². The number of ether oxygens (including phenoxy) is 2. The first-order chi connectivity index (χ1) is 9.97. The van der Waals surface area contributed by atoms with Crippen molar-refractivity contribution < 1.29 is 31.4 Å². The van der Waals surface area contributed by atoms with Gasteiger partial charge in [0.25, 0.3) is 0 Å². The highest BCUT2D eigenvalue weighted by Gasteiger charge is 2.27. The summed E-state index contributed by atoms with van der Waals surface area (Å²) in [6, 6.07) is 6.36. The van der Waals surface area contributed by atoms with Crippen LogP contribution >= 0.6 is 0 Å². The summed E-state index contributed by atoms with van der Waals surface area (Å²) in [6.07, 6.45) is 0. The molecule has 0 N–H and O–H groups in total. The van der Waals surface area contributed by atoms with Gasteiger partial charge in [0.05, 0.1) is 7.11 Å². The molecule has 2 rings (SSSR count). The molecule has 112 valence electrons. The van der Waals surface area contributed by atoms with E-state index in [0.717, 1.165) is 0 Å². The van der Waals surface area contributed by atoms with Crippen molar-refractivity contribution in [1.29, 1.82) is 0 Å². The van der Waals surface area contributed by atoms with Crippen molar-refractivity contribution >= 4 is 0 Å². The second-order valence-electron chi connectivity index (χ2n) is 4.00. The highest BCUT2D eigenvalue weighted by Crippen LogP contribution is 2.30. The Labute approximate surface area is 116 Å². The predicted molar refractivity (Wildman–Crippen MR) is 63.6 cm³/mol. The Hall–Kier alpha value is -2.31. The zero-order chi connectivity index (χ0) is 15.6. The van der Waals surface area contributed by atoms with Crippen LogP contribution in [0.3, 0.4) is 0 Å². The standard InChI is InChI=1S/C14H9F5O2/c1-20-8-5-3-2-4-7(8)6-21-14-12(18)10(16)9(15)11(17)13(14)19/h2-5H,6H2,1H3. The fraction of sp³-hybridized carbons (Fsp3) is 0.143. The minimum Gasteiger partial charge on any atom is -0.496 e. The molecular weight excluding hydrogens is 295 g/mol. The maximum absolute atomic E-state index is 13.4. The average Bonchev–Trinajstić information content (AvgIpc) is 2.51. The third kappa shape index (κ3) is 2.76. The molecule has 0 unspecified atom stereocenters. The average molecular weight is 304 g/mol. The van der Waals surface area contributed by atoms with Gasteiger partial charge in [0.15, 0.2) is 5.75 Å². The molecule has 0 aliphatic heterocycles. The van der Waals surface area contributed by atoms with Crippen LogP contribution in [0, 0.1) is 29.1 Å². The molecule has 0 radical (unpaired) electrons. The number of halogens is 5. The molecule has 0 saturated heterocycles. The fourth-order valence-electron chi connectivity index (χ4n) is 1.68. The van der Waals surface area contributed by atoms with Crippen LogP contribution in [0.15, 0.2) is 24.3 Å². The van der Waals surface area contributed by atoms with Crippen LogP contribution < -0.4 is 9.47 Å². The van der Waals surface area contributed by atoms with Crippen molar-refractivity contribution in [2.24, 2.45) is 0 Å². The van der Waals surface area contributed by atoms with Gasteiger partial charge in [-0.15, -0.1) is 0 Å². The van der Waals surface area contributed by atoms with E-state index in [1.165, 1.54) is 13.2 Å². The Balaban J connectivity index is 2.33. The van der Waals surface area contributed by atoms with Gasteiger partial charge < -0.3 is 9.47 Å². The molecule has 0 heterocycles. The van der Waals surface area contributed by atoms with Crippen molar-refractivity contribution in [3.8, 4) is 11.5 Å². The van der Waals surface area contributed by atoms with Gasteiger partial charge in [-0.2, -0.15) is 8.78 Å². The number of para-hydroxylation sites is 1. The van der Waals surface area contributed by atoms with Crippen LogP contribution in [0.5, 0.6) is 11.5 Å². The highest BCUT2D eigenvalue weighted by molar-refractivity contribution is 5.34. The first-order valence-electron chi connectivity index (χ1n) is 5.73. The quantitative estimate of drug-likeness (QED) is 0.483. The fourth-order valence-corrected chi connectivity index (χ4v) is 1.68. The van der Waals surface area contributed by atoms with E-state index in [1.807, 2.05) is 0 Å². The van der Waals surface area contributed by atoms with Crippen LogP contribution in [0.4, 0.5) is 22.0 Å². The molecule has 0 aromatic heterocycles. The first kappa shape index (κ1) is 15.1. The maximum atomic E-state index is 13.4. The summed E-state index contributed by atoms with van der Waals surface area (Å²) in [6.45, 7) is -0.414. The number of hydrogen-bond donors (Lipinski definition) is 0. The molecule has 0 amide bonds. The summed E-state index contributed by atoms with van der Waals surface area (Å²) in [7, 11) is 1.37. The first-order valence-corrected chi connectivity index (χ1v) is 5.73.